The first-order valence-corrected chi connectivity index (χ1v) is 8.17. The third kappa shape index (κ3) is 15.4. The molecular formula is C16H32O4. The summed E-state index contributed by atoms with van der Waals surface area (Å²) in [6.07, 6.45) is 12.2. The Balaban J connectivity index is 3.16. The molecule has 0 aromatic carbocycles. The molecule has 20 heavy (non-hydrogen) atoms. The van der Waals surface area contributed by atoms with Gasteiger partial charge in [-0.25, -0.2) is 0 Å². The number of hydrogen-bond acceptors (Lipinski definition) is 3. The molecule has 1 atom stereocenters. The summed E-state index contributed by atoms with van der Waals surface area (Å²) in [6.45, 7) is 0.287. The summed E-state index contributed by atoms with van der Waals surface area (Å²) >= 11 is 0. The van der Waals surface area contributed by atoms with Gasteiger partial charge >= 0.3 is 5.97 Å². The molecule has 0 aromatic rings. The lowest BCUT2D eigenvalue weighted by molar-refractivity contribution is -0.137. The number of aliphatic hydroxyl groups excluding tert-OH is 2. The minimum absolute atomic E-state index is 0.174. The molecule has 0 radical (unpaired) electrons. The van der Waals surface area contributed by atoms with Crippen molar-refractivity contribution >= 4 is 5.97 Å². The topological polar surface area (TPSA) is 77.8 Å². The monoisotopic (exact) mass is 288 g/mol. The Hall–Kier alpha value is -0.610. The molecule has 4 nitrogen and oxygen atoms in total. The van der Waals surface area contributed by atoms with Crippen LogP contribution in [0, 0.1) is 0 Å². The minimum Gasteiger partial charge on any atom is -0.481 e. The van der Waals surface area contributed by atoms with E-state index in [0.29, 0.717) is 0 Å². The predicted molar refractivity (Wildman–Crippen MR) is 80.7 cm³/mol. The Kier molecular flexibility index (Phi) is 14.3. The van der Waals surface area contributed by atoms with Gasteiger partial charge in [0.05, 0.1) is 6.10 Å². The molecule has 0 aliphatic heterocycles. The number of hydrogen-bond donors (Lipinski definition) is 3. The number of rotatable bonds is 15. The van der Waals surface area contributed by atoms with Gasteiger partial charge in [0.25, 0.3) is 0 Å². The second-order valence-corrected chi connectivity index (χ2v) is 5.63. The lowest BCUT2D eigenvalue weighted by Gasteiger charge is -2.10. The van der Waals surface area contributed by atoms with Crippen molar-refractivity contribution in [1.29, 1.82) is 0 Å². The SMILES string of the molecule is O=C(O)CCCCCCCC(O)CCCCCCCO. The van der Waals surface area contributed by atoms with Crippen LogP contribution in [0.5, 0.6) is 0 Å². The third-order valence-corrected chi connectivity index (χ3v) is 3.62. The highest BCUT2D eigenvalue weighted by Gasteiger charge is 2.04. The van der Waals surface area contributed by atoms with Crippen LogP contribution >= 0.6 is 0 Å². The van der Waals surface area contributed by atoms with Gasteiger partial charge in [-0.2, -0.15) is 0 Å². The first kappa shape index (κ1) is 19.4. The lowest BCUT2D eigenvalue weighted by Crippen LogP contribution is -2.06. The molecule has 0 saturated carbocycles. The van der Waals surface area contributed by atoms with Gasteiger partial charge in [0.15, 0.2) is 0 Å². The first-order chi connectivity index (χ1) is 9.66. The first-order valence-electron chi connectivity index (χ1n) is 8.17. The quantitative estimate of drug-likeness (QED) is 0.403. The standard InChI is InChI=1S/C16H32O4/c17-14-10-6-2-4-8-12-15(18)11-7-3-1-5-9-13-16(19)20/h15,17-18H,1-14H2,(H,19,20). The maximum absolute atomic E-state index is 10.3. The van der Waals surface area contributed by atoms with Crippen LogP contribution in [0.1, 0.15) is 83.5 Å². The molecule has 0 amide bonds. The molecule has 4 heteroatoms. The van der Waals surface area contributed by atoms with Crippen molar-refractivity contribution in [3.63, 3.8) is 0 Å². The van der Waals surface area contributed by atoms with Crippen LogP contribution in [0.25, 0.3) is 0 Å². The number of carbonyl (C=O) groups is 1. The zero-order chi connectivity index (χ0) is 15.1. The molecule has 3 N–H and O–H groups in total. The van der Waals surface area contributed by atoms with Crippen molar-refractivity contribution in [2.75, 3.05) is 6.61 Å². The number of aliphatic hydroxyl groups is 2. The molecule has 0 spiro atoms. The fraction of sp³-hybridized carbons (Fsp3) is 0.938. The van der Waals surface area contributed by atoms with E-state index in [9.17, 15) is 9.90 Å². The van der Waals surface area contributed by atoms with Crippen molar-refractivity contribution in [2.24, 2.45) is 0 Å². The van der Waals surface area contributed by atoms with Gasteiger partial charge in [0, 0.05) is 13.0 Å². The molecule has 0 aliphatic rings. The van der Waals surface area contributed by atoms with Gasteiger partial charge in [-0.05, 0) is 25.7 Å². The summed E-state index contributed by atoms with van der Waals surface area (Å²) < 4.78 is 0. The van der Waals surface area contributed by atoms with E-state index in [-0.39, 0.29) is 19.1 Å². The highest BCUT2D eigenvalue weighted by atomic mass is 16.4. The van der Waals surface area contributed by atoms with E-state index in [0.717, 1.165) is 77.0 Å². The average molecular weight is 288 g/mol. The summed E-state index contributed by atoms with van der Waals surface area (Å²) in [5.74, 6) is -0.709. The van der Waals surface area contributed by atoms with E-state index in [1.165, 1.54) is 0 Å². The molecule has 0 bridgehead atoms. The third-order valence-electron chi connectivity index (χ3n) is 3.62. The maximum Gasteiger partial charge on any atom is 0.303 e. The van der Waals surface area contributed by atoms with Gasteiger partial charge in [-0.1, -0.05) is 51.4 Å². The van der Waals surface area contributed by atoms with Crippen molar-refractivity contribution in [2.45, 2.75) is 89.6 Å². The fourth-order valence-electron chi connectivity index (χ4n) is 2.35. The van der Waals surface area contributed by atoms with E-state index < -0.39 is 5.97 Å². The van der Waals surface area contributed by atoms with Gasteiger partial charge in [0.2, 0.25) is 0 Å². The van der Waals surface area contributed by atoms with Gasteiger partial charge in [0.1, 0.15) is 0 Å². The van der Waals surface area contributed by atoms with Crippen LogP contribution in [0.3, 0.4) is 0 Å². The Morgan fingerprint density at radius 2 is 1.20 bits per heavy atom. The van der Waals surface area contributed by atoms with Gasteiger partial charge in [-0.3, -0.25) is 4.79 Å². The van der Waals surface area contributed by atoms with Crippen LogP contribution in [0.2, 0.25) is 0 Å². The highest BCUT2D eigenvalue weighted by molar-refractivity contribution is 5.66. The van der Waals surface area contributed by atoms with Crippen LogP contribution in [0.15, 0.2) is 0 Å². The molecule has 0 rings (SSSR count). The predicted octanol–water partition coefficient (Wildman–Crippen LogP) is 3.50. The second-order valence-electron chi connectivity index (χ2n) is 5.63. The van der Waals surface area contributed by atoms with E-state index in [4.69, 9.17) is 10.2 Å². The molecule has 0 fully saturated rings. The Bertz CT molecular complexity index is 219. The normalized spacial score (nSPS) is 12.5. The maximum atomic E-state index is 10.3. The van der Waals surface area contributed by atoms with Crippen molar-refractivity contribution in [3.8, 4) is 0 Å². The Labute approximate surface area is 123 Å². The highest BCUT2D eigenvalue weighted by Crippen LogP contribution is 2.13. The zero-order valence-corrected chi connectivity index (χ0v) is 12.7. The Morgan fingerprint density at radius 1 is 0.750 bits per heavy atom. The minimum atomic E-state index is -0.709. The molecule has 0 aliphatic carbocycles. The van der Waals surface area contributed by atoms with Crippen molar-refractivity contribution in [1.82, 2.24) is 0 Å². The molecule has 120 valence electrons. The van der Waals surface area contributed by atoms with E-state index in [2.05, 4.69) is 0 Å². The van der Waals surface area contributed by atoms with Crippen LogP contribution in [-0.4, -0.2) is 34.0 Å². The van der Waals surface area contributed by atoms with Gasteiger partial charge in [-0.15, -0.1) is 0 Å². The summed E-state index contributed by atoms with van der Waals surface area (Å²) in [7, 11) is 0. The molecule has 1 unspecified atom stereocenters. The zero-order valence-electron chi connectivity index (χ0n) is 12.7. The van der Waals surface area contributed by atoms with Crippen molar-refractivity contribution in [3.05, 3.63) is 0 Å². The number of aliphatic carboxylic acids is 1. The molecule has 0 saturated heterocycles. The summed E-state index contributed by atoms with van der Waals surface area (Å²) in [4.78, 5) is 10.3. The summed E-state index contributed by atoms with van der Waals surface area (Å²) in [5, 5.41) is 26.9. The Morgan fingerprint density at radius 3 is 1.70 bits per heavy atom. The number of carboxylic acid groups (broad SMARTS) is 1. The van der Waals surface area contributed by atoms with Crippen LogP contribution in [-0.2, 0) is 4.79 Å². The molecule has 0 aromatic heterocycles. The number of unbranched alkanes of at least 4 members (excludes halogenated alkanes) is 8. The van der Waals surface area contributed by atoms with Gasteiger partial charge < -0.3 is 15.3 Å². The summed E-state index contributed by atoms with van der Waals surface area (Å²) in [5.41, 5.74) is 0. The van der Waals surface area contributed by atoms with E-state index in [1.54, 1.807) is 0 Å². The van der Waals surface area contributed by atoms with Crippen LogP contribution < -0.4 is 0 Å². The number of carboxylic acids is 1. The van der Waals surface area contributed by atoms with Crippen molar-refractivity contribution < 1.29 is 20.1 Å². The fourth-order valence-corrected chi connectivity index (χ4v) is 2.35. The second kappa shape index (κ2) is 14.8. The largest absolute Gasteiger partial charge is 0.481 e. The lowest BCUT2D eigenvalue weighted by atomic mass is 10.0. The van der Waals surface area contributed by atoms with E-state index in [1.807, 2.05) is 0 Å². The smallest absolute Gasteiger partial charge is 0.303 e. The van der Waals surface area contributed by atoms with E-state index >= 15 is 0 Å². The molecule has 0 heterocycles. The summed E-state index contributed by atoms with van der Waals surface area (Å²) in [6, 6.07) is 0. The average Bonchev–Trinajstić information content (AvgIpc) is 2.41. The molecular weight excluding hydrogens is 256 g/mol. The van der Waals surface area contributed by atoms with Crippen LogP contribution in [0.4, 0.5) is 0 Å².